The fraction of sp³-hybridized carbons (Fsp3) is 0.351. The number of nitrogens with zero attached hydrogens (tertiary/aromatic N) is 6. The molecule has 10 nitrogen and oxygen atoms in total. The fourth-order valence-corrected chi connectivity index (χ4v) is 7.43. The van der Waals surface area contributed by atoms with Crippen LogP contribution in [0.4, 0.5) is 35.1 Å². The lowest BCUT2D eigenvalue weighted by Gasteiger charge is -2.42. The number of amides is 1. The molecule has 0 saturated heterocycles. The fourth-order valence-electron chi connectivity index (χ4n) is 6.70. The third kappa shape index (κ3) is 9.55. The Labute approximate surface area is 328 Å². The van der Waals surface area contributed by atoms with Gasteiger partial charge in [-0.2, -0.15) is 26.3 Å². The molecule has 2 fully saturated rings. The van der Waals surface area contributed by atoms with Gasteiger partial charge in [0.2, 0.25) is 0 Å². The summed E-state index contributed by atoms with van der Waals surface area (Å²) >= 11 is 12.4. The van der Waals surface area contributed by atoms with E-state index in [2.05, 4.69) is 34.6 Å². The van der Waals surface area contributed by atoms with Crippen molar-refractivity contribution in [3.05, 3.63) is 117 Å². The lowest BCUT2D eigenvalue weighted by Crippen LogP contribution is -2.39. The van der Waals surface area contributed by atoms with Crippen LogP contribution in [0.1, 0.15) is 77.5 Å². The predicted molar refractivity (Wildman–Crippen MR) is 187 cm³/mol. The molecule has 5 aromatic rings. The Hall–Kier alpha value is -5.10. The van der Waals surface area contributed by atoms with Gasteiger partial charge in [0.25, 0.3) is 5.89 Å². The number of benzene rings is 2. The van der Waals surface area contributed by atoms with Crippen LogP contribution in [0, 0.1) is 11.6 Å². The van der Waals surface area contributed by atoms with Crippen molar-refractivity contribution in [3.63, 3.8) is 0 Å². The summed E-state index contributed by atoms with van der Waals surface area (Å²) in [7, 11) is 0. The van der Waals surface area contributed by atoms with Gasteiger partial charge in [0.15, 0.2) is 5.78 Å². The van der Waals surface area contributed by atoms with Gasteiger partial charge >= 0.3 is 24.2 Å². The van der Waals surface area contributed by atoms with Crippen molar-refractivity contribution >= 4 is 34.9 Å². The van der Waals surface area contributed by atoms with Crippen LogP contribution < -0.4 is 5.32 Å². The first-order chi connectivity index (χ1) is 26.9. The number of aromatic nitrogens is 6. The zero-order chi connectivity index (χ0) is 41.2. The van der Waals surface area contributed by atoms with Gasteiger partial charge in [-0.25, -0.2) is 28.7 Å². The molecule has 0 atom stereocenters. The molecule has 2 saturated carbocycles. The molecule has 20 heteroatoms. The highest BCUT2D eigenvalue weighted by Gasteiger charge is 2.43. The third-order valence-electron chi connectivity index (χ3n) is 9.93. The van der Waals surface area contributed by atoms with Crippen molar-refractivity contribution in [2.45, 2.75) is 74.5 Å². The monoisotopic (exact) mass is 841 g/mol. The summed E-state index contributed by atoms with van der Waals surface area (Å²) < 4.78 is 106. The van der Waals surface area contributed by atoms with Crippen molar-refractivity contribution in [3.8, 4) is 11.5 Å². The first kappa shape index (κ1) is 41.5. The normalized spacial score (nSPS) is 15.8. The summed E-state index contributed by atoms with van der Waals surface area (Å²) in [5.41, 5.74) is 1.23. The van der Waals surface area contributed by atoms with E-state index in [1.165, 1.54) is 54.4 Å². The molecule has 0 radical (unpaired) electrons. The maximum Gasteiger partial charge on any atom is 0.471 e. The highest BCUT2D eigenvalue weighted by Crippen LogP contribution is 2.49. The number of halogens is 10. The summed E-state index contributed by atoms with van der Waals surface area (Å²) in [5, 5.41) is 8.57. The molecule has 7 rings (SSSR count). The molecule has 0 spiro atoms. The Morgan fingerprint density at radius 2 is 1.19 bits per heavy atom. The predicted octanol–water partition coefficient (Wildman–Crippen LogP) is 8.80. The van der Waals surface area contributed by atoms with E-state index >= 15 is 0 Å². The third-order valence-corrected chi connectivity index (χ3v) is 10.6. The average Bonchev–Trinajstić information content (AvgIpc) is 3.63. The van der Waals surface area contributed by atoms with E-state index in [-0.39, 0.29) is 27.8 Å². The zero-order valence-corrected chi connectivity index (χ0v) is 30.8. The van der Waals surface area contributed by atoms with E-state index < -0.39 is 48.1 Å². The SMILES string of the molecule is Fc1ccc(C2(Cc3ncc(-c4nnc(C(F)(F)F)o4)cn3)CCC2)c(Cl)c1.O=C(CNC(=O)C(F)(F)F)c1cnc(CC2(c3ccc(F)cc3Cl)CCC2)nc1. The first-order valence-electron chi connectivity index (χ1n) is 17.2. The van der Waals surface area contributed by atoms with Crippen molar-refractivity contribution in [2.24, 2.45) is 0 Å². The number of nitrogens with one attached hydrogen (secondary N) is 1. The van der Waals surface area contributed by atoms with Crippen molar-refractivity contribution in [1.29, 1.82) is 0 Å². The van der Waals surface area contributed by atoms with Crippen LogP contribution in [0.3, 0.4) is 0 Å². The van der Waals surface area contributed by atoms with Gasteiger partial charge in [-0.05, 0) is 61.1 Å². The average molecular weight is 843 g/mol. The Morgan fingerprint density at radius 1 is 0.719 bits per heavy atom. The van der Waals surface area contributed by atoms with Gasteiger partial charge < -0.3 is 9.73 Å². The van der Waals surface area contributed by atoms with Crippen LogP contribution in [0.25, 0.3) is 11.5 Å². The summed E-state index contributed by atoms with van der Waals surface area (Å²) in [6.45, 7) is -0.809. The molecule has 3 aromatic heterocycles. The summed E-state index contributed by atoms with van der Waals surface area (Å²) in [5.74, 6) is -4.56. The highest BCUT2D eigenvalue weighted by atomic mass is 35.5. The molecule has 300 valence electrons. The number of carbonyl (C=O) groups excluding carboxylic acids is 2. The van der Waals surface area contributed by atoms with Crippen molar-refractivity contribution in [1.82, 2.24) is 35.5 Å². The molecule has 3 heterocycles. The van der Waals surface area contributed by atoms with E-state index in [0.717, 1.165) is 49.7 Å². The van der Waals surface area contributed by atoms with Gasteiger partial charge in [-0.3, -0.25) is 9.59 Å². The van der Waals surface area contributed by atoms with Crippen LogP contribution in [0.15, 0.2) is 65.6 Å². The molecule has 57 heavy (non-hydrogen) atoms. The number of carbonyl (C=O) groups is 2. The van der Waals surface area contributed by atoms with Crippen molar-refractivity contribution < 1.29 is 49.1 Å². The van der Waals surface area contributed by atoms with E-state index in [1.54, 1.807) is 12.1 Å². The van der Waals surface area contributed by atoms with Crippen LogP contribution in [-0.4, -0.2) is 54.5 Å². The smallest absolute Gasteiger partial charge is 0.413 e. The second-order valence-electron chi connectivity index (χ2n) is 13.7. The minimum absolute atomic E-state index is 0.0151. The minimum atomic E-state index is -5.06. The number of Topliss-reactive ketones (excluding diaryl/α,β-unsaturated/α-hetero) is 1. The second-order valence-corrected chi connectivity index (χ2v) is 14.5. The van der Waals surface area contributed by atoms with E-state index in [0.29, 0.717) is 34.5 Å². The van der Waals surface area contributed by atoms with E-state index in [1.807, 2.05) is 0 Å². The van der Waals surface area contributed by atoms with Crippen molar-refractivity contribution in [2.75, 3.05) is 6.54 Å². The number of rotatable bonds is 10. The molecular weight excluding hydrogens is 813 g/mol. The molecule has 2 aromatic carbocycles. The van der Waals surface area contributed by atoms with Gasteiger partial charge in [0, 0.05) is 58.5 Å². The molecule has 0 aliphatic heterocycles. The Bertz CT molecular complexity index is 2240. The minimum Gasteiger partial charge on any atom is -0.413 e. The topological polar surface area (TPSA) is 137 Å². The molecular formula is C37H29Cl2F8N7O3. The lowest BCUT2D eigenvalue weighted by molar-refractivity contribution is -0.173. The number of hydrogen-bond acceptors (Lipinski definition) is 9. The lowest BCUT2D eigenvalue weighted by atomic mass is 9.62. The van der Waals surface area contributed by atoms with Crippen LogP contribution in [0.2, 0.25) is 10.0 Å². The maximum absolute atomic E-state index is 13.4. The standard InChI is InChI=1S/C19H16ClF4N3O2.C18H13ClF4N4O/c20-14-6-12(21)2-3-13(14)18(4-1-5-18)7-16-25-8-11(9-26-16)15(28)10-27-17(29)19(22,23)24;19-13-6-11(20)2-3-12(13)17(4-1-5-17)7-14-24-8-10(9-25-14)15-26-27-16(28-15)18(21,22)23/h2-3,6,8-9H,1,4-5,7,10H2,(H,27,29);2-3,6,8-9H,1,4-5,7H2. The Kier molecular flexibility index (Phi) is 12.0. The van der Waals surface area contributed by atoms with E-state index in [4.69, 9.17) is 23.2 Å². The summed E-state index contributed by atoms with van der Waals surface area (Å²) in [6, 6.07) is 8.60. The van der Waals surface area contributed by atoms with Crippen LogP contribution in [-0.2, 0) is 34.6 Å². The van der Waals surface area contributed by atoms with Crippen LogP contribution in [0.5, 0.6) is 0 Å². The molecule has 2 aliphatic rings. The number of ketones is 1. The molecule has 1 N–H and O–H groups in total. The number of hydrogen-bond donors (Lipinski definition) is 1. The summed E-state index contributed by atoms with van der Waals surface area (Å²) in [6.07, 6.45) is 1.61. The maximum atomic E-state index is 13.4. The molecule has 1 amide bonds. The highest BCUT2D eigenvalue weighted by molar-refractivity contribution is 6.31. The summed E-state index contributed by atoms with van der Waals surface area (Å²) in [4.78, 5) is 39.4. The van der Waals surface area contributed by atoms with Gasteiger partial charge in [-0.15, -0.1) is 10.2 Å². The molecule has 2 aliphatic carbocycles. The largest absolute Gasteiger partial charge is 0.471 e. The Balaban J connectivity index is 0.000000193. The van der Waals surface area contributed by atoms with Gasteiger partial charge in [0.05, 0.1) is 17.7 Å². The quantitative estimate of drug-likeness (QED) is 0.108. The Morgan fingerprint density at radius 3 is 1.58 bits per heavy atom. The van der Waals surface area contributed by atoms with Gasteiger partial charge in [-0.1, -0.05) is 48.2 Å². The zero-order valence-electron chi connectivity index (χ0n) is 29.3. The second kappa shape index (κ2) is 16.4. The molecule has 0 unspecified atom stereocenters. The molecule has 0 bridgehead atoms. The number of alkyl halides is 6. The van der Waals surface area contributed by atoms with Crippen LogP contribution >= 0.6 is 23.2 Å². The van der Waals surface area contributed by atoms with Gasteiger partial charge in [0.1, 0.15) is 23.3 Å². The first-order valence-corrected chi connectivity index (χ1v) is 18.0. The van der Waals surface area contributed by atoms with E-state index in [9.17, 15) is 44.7 Å².